The predicted molar refractivity (Wildman–Crippen MR) is 81.7 cm³/mol. The standard InChI is InChI=1S/C15H30N4/c1-11(2)18-13(5)14(6)19(12(3)4)15(18)16-9-10-17(7)8/h11-12H,9-10H2,1-8H3. The van der Waals surface area contributed by atoms with Crippen molar-refractivity contribution in [3.63, 3.8) is 0 Å². The van der Waals surface area contributed by atoms with Gasteiger partial charge in [-0.3, -0.25) is 4.99 Å². The van der Waals surface area contributed by atoms with E-state index in [-0.39, 0.29) is 0 Å². The van der Waals surface area contributed by atoms with Crippen LogP contribution in [0.15, 0.2) is 4.99 Å². The highest BCUT2D eigenvalue weighted by Crippen LogP contribution is 2.15. The van der Waals surface area contributed by atoms with E-state index in [0.717, 1.165) is 18.7 Å². The van der Waals surface area contributed by atoms with Gasteiger partial charge in [-0.15, -0.1) is 0 Å². The molecule has 0 atom stereocenters. The molecule has 19 heavy (non-hydrogen) atoms. The van der Waals surface area contributed by atoms with E-state index in [1.54, 1.807) is 0 Å². The number of likely N-dealkylation sites (N-methyl/N-ethyl adjacent to an activating group) is 1. The zero-order valence-electron chi connectivity index (χ0n) is 13.9. The second kappa shape index (κ2) is 6.42. The minimum Gasteiger partial charge on any atom is -0.312 e. The lowest BCUT2D eigenvalue weighted by atomic mass is 10.3. The van der Waals surface area contributed by atoms with Gasteiger partial charge in [-0.2, -0.15) is 0 Å². The number of hydrogen-bond donors (Lipinski definition) is 0. The minimum absolute atomic E-state index is 0.441. The van der Waals surface area contributed by atoms with E-state index < -0.39 is 0 Å². The maximum Gasteiger partial charge on any atom is 0.205 e. The Balaban J connectivity index is 3.36. The fourth-order valence-corrected chi connectivity index (χ4v) is 2.50. The molecule has 0 radical (unpaired) electrons. The third-order valence-corrected chi connectivity index (χ3v) is 3.51. The molecule has 110 valence electrons. The molecule has 1 heterocycles. The number of hydrogen-bond acceptors (Lipinski definition) is 2. The van der Waals surface area contributed by atoms with E-state index in [4.69, 9.17) is 4.99 Å². The van der Waals surface area contributed by atoms with Gasteiger partial charge in [0.1, 0.15) is 0 Å². The zero-order valence-corrected chi connectivity index (χ0v) is 13.9. The average molecular weight is 266 g/mol. The topological polar surface area (TPSA) is 25.5 Å². The fraction of sp³-hybridized carbons (Fsp3) is 0.800. The Bertz CT molecular complexity index is 441. The van der Waals surface area contributed by atoms with Gasteiger partial charge in [0, 0.05) is 30.0 Å². The van der Waals surface area contributed by atoms with Crippen LogP contribution in [0.2, 0.25) is 0 Å². The summed E-state index contributed by atoms with van der Waals surface area (Å²) in [5.74, 6) is 0. The summed E-state index contributed by atoms with van der Waals surface area (Å²) < 4.78 is 4.70. The molecule has 0 fully saturated rings. The SMILES string of the molecule is Cc1c(C)n(C(C)C)c(=NCCN(C)C)n1C(C)C. The van der Waals surface area contributed by atoms with Crippen LogP contribution in [-0.4, -0.2) is 41.2 Å². The molecule has 0 spiro atoms. The van der Waals surface area contributed by atoms with Gasteiger partial charge in [-0.05, 0) is 55.6 Å². The van der Waals surface area contributed by atoms with Gasteiger partial charge < -0.3 is 14.0 Å². The molecule has 0 aromatic carbocycles. The first-order valence-corrected chi connectivity index (χ1v) is 7.22. The van der Waals surface area contributed by atoms with Gasteiger partial charge in [0.2, 0.25) is 5.62 Å². The fourth-order valence-electron chi connectivity index (χ4n) is 2.50. The van der Waals surface area contributed by atoms with Crippen molar-refractivity contribution in [1.82, 2.24) is 14.0 Å². The number of nitrogens with zero attached hydrogens (tertiary/aromatic N) is 4. The Labute approximate surface area is 117 Å². The van der Waals surface area contributed by atoms with Crippen molar-refractivity contribution >= 4 is 0 Å². The van der Waals surface area contributed by atoms with Gasteiger partial charge in [-0.1, -0.05) is 0 Å². The molecule has 0 N–H and O–H groups in total. The highest BCUT2D eigenvalue weighted by atomic mass is 15.2. The second-order valence-electron chi connectivity index (χ2n) is 6.08. The van der Waals surface area contributed by atoms with E-state index in [0.29, 0.717) is 12.1 Å². The quantitative estimate of drug-likeness (QED) is 0.804. The van der Waals surface area contributed by atoms with Crippen LogP contribution in [0.4, 0.5) is 0 Å². The van der Waals surface area contributed by atoms with Crippen molar-refractivity contribution in [2.24, 2.45) is 4.99 Å². The first-order valence-electron chi connectivity index (χ1n) is 7.22. The Morgan fingerprint density at radius 2 is 1.37 bits per heavy atom. The summed E-state index contributed by atoms with van der Waals surface area (Å²) in [5.41, 5.74) is 3.77. The summed E-state index contributed by atoms with van der Waals surface area (Å²) in [6.45, 7) is 15.1. The van der Waals surface area contributed by atoms with E-state index in [9.17, 15) is 0 Å². The molecule has 0 amide bonds. The molecule has 0 saturated heterocycles. The third kappa shape index (κ3) is 3.50. The molecule has 0 aliphatic heterocycles. The highest BCUT2D eigenvalue weighted by Gasteiger charge is 2.15. The summed E-state index contributed by atoms with van der Waals surface area (Å²) in [5, 5.41) is 0. The zero-order chi connectivity index (χ0) is 14.7. The van der Waals surface area contributed by atoms with Crippen LogP contribution in [0.25, 0.3) is 0 Å². The number of aromatic nitrogens is 2. The van der Waals surface area contributed by atoms with Crippen molar-refractivity contribution in [3.05, 3.63) is 17.0 Å². The van der Waals surface area contributed by atoms with Crippen molar-refractivity contribution in [2.75, 3.05) is 27.2 Å². The number of rotatable bonds is 5. The Hall–Kier alpha value is -1.03. The van der Waals surface area contributed by atoms with Gasteiger partial charge in [0.05, 0.1) is 6.54 Å². The lowest BCUT2D eigenvalue weighted by molar-refractivity contribution is 0.413. The molecule has 0 bridgehead atoms. The summed E-state index contributed by atoms with van der Waals surface area (Å²) in [6.07, 6.45) is 0. The summed E-state index contributed by atoms with van der Waals surface area (Å²) in [6, 6.07) is 0.883. The Kier molecular flexibility index (Phi) is 5.41. The molecule has 0 aliphatic rings. The highest BCUT2D eigenvalue weighted by molar-refractivity contribution is 5.13. The normalized spacial score (nSPS) is 11.9. The van der Waals surface area contributed by atoms with Gasteiger partial charge in [0.25, 0.3) is 0 Å². The van der Waals surface area contributed by atoms with Gasteiger partial charge >= 0.3 is 0 Å². The minimum atomic E-state index is 0.441. The maximum absolute atomic E-state index is 4.85. The largest absolute Gasteiger partial charge is 0.312 e. The van der Waals surface area contributed by atoms with Crippen molar-refractivity contribution in [2.45, 2.75) is 53.6 Å². The summed E-state index contributed by atoms with van der Waals surface area (Å²) in [7, 11) is 4.17. The summed E-state index contributed by atoms with van der Waals surface area (Å²) >= 11 is 0. The molecule has 4 heteroatoms. The van der Waals surface area contributed by atoms with Crippen LogP contribution in [0.1, 0.15) is 51.2 Å². The lowest BCUT2D eigenvalue weighted by Crippen LogP contribution is -2.30. The maximum atomic E-state index is 4.85. The first-order chi connectivity index (χ1) is 8.77. The second-order valence-corrected chi connectivity index (χ2v) is 6.08. The summed E-state index contributed by atoms with van der Waals surface area (Å²) in [4.78, 5) is 7.03. The molecule has 0 unspecified atom stereocenters. The van der Waals surface area contributed by atoms with Crippen molar-refractivity contribution < 1.29 is 0 Å². The molecule has 1 aromatic heterocycles. The van der Waals surface area contributed by atoms with E-state index in [1.165, 1.54) is 11.4 Å². The molecule has 1 aromatic rings. The van der Waals surface area contributed by atoms with Crippen LogP contribution < -0.4 is 5.62 Å². The van der Waals surface area contributed by atoms with Crippen LogP contribution in [0.3, 0.4) is 0 Å². The smallest absolute Gasteiger partial charge is 0.205 e. The number of imidazole rings is 1. The van der Waals surface area contributed by atoms with Crippen LogP contribution in [0, 0.1) is 13.8 Å². The van der Waals surface area contributed by atoms with Crippen LogP contribution in [0.5, 0.6) is 0 Å². The third-order valence-electron chi connectivity index (χ3n) is 3.51. The van der Waals surface area contributed by atoms with Gasteiger partial charge in [-0.25, -0.2) is 0 Å². The predicted octanol–water partition coefficient (Wildman–Crippen LogP) is 2.53. The van der Waals surface area contributed by atoms with E-state index in [1.807, 2.05) is 0 Å². The van der Waals surface area contributed by atoms with E-state index in [2.05, 4.69) is 69.7 Å². The molecule has 4 nitrogen and oxygen atoms in total. The van der Waals surface area contributed by atoms with Crippen LogP contribution in [-0.2, 0) is 0 Å². The lowest BCUT2D eigenvalue weighted by Gasteiger charge is -2.13. The molecule has 1 rings (SSSR count). The monoisotopic (exact) mass is 266 g/mol. The van der Waals surface area contributed by atoms with Crippen LogP contribution >= 0.6 is 0 Å². The molecule has 0 aliphatic carbocycles. The molecular formula is C15H30N4. The van der Waals surface area contributed by atoms with Crippen molar-refractivity contribution in [1.29, 1.82) is 0 Å². The molecule has 0 saturated carbocycles. The Morgan fingerprint density at radius 3 is 1.68 bits per heavy atom. The molecular weight excluding hydrogens is 236 g/mol. The Morgan fingerprint density at radius 1 is 0.947 bits per heavy atom. The van der Waals surface area contributed by atoms with Crippen molar-refractivity contribution in [3.8, 4) is 0 Å². The first kappa shape index (κ1) is 16.0. The van der Waals surface area contributed by atoms with Gasteiger partial charge in [0.15, 0.2) is 0 Å². The average Bonchev–Trinajstić information content (AvgIpc) is 2.50. The van der Waals surface area contributed by atoms with E-state index >= 15 is 0 Å².